The smallest absolute Gasteiger partial charge is 0.314 e. The van der Waals surface area contributed by atoms with E-state index in [1.807, 2.05) is 5.38 Å². The molecule has 1 unspecified atom stereocenters. The second-order valence-corrected chi connectivity index (χ2v) is 4.09. The summed E-state index contributed by atoms with van der Waals surface area (Å²) in [6, 6.07) is -0.218. The van der Waals surface area contributed by atoms with Crippen molar-refractivity contribution in [2.45, 2.75) is 6.04 Å². The molecule has 76 valence electrons. The van der Waals surface area contributed by atoms with E-state index >= 15 is 0 Å². The van der Waals surface area contributed by atoms with E-state index < -0.39 is 0 Å². The van der Waals surface area contributed by atoms with Crippen molar-refractivity contribution in [3.63, 3.8) is 0 Å². The van der Waals surface area contributed by atoms with E-state index in [4.69, 9.17) is 5.73 Å². The van der Waals surface area contributed by atoms with Crippen LogP contribution < -0.4 is 11.1 Å². The number of nitrogens with zero attached hydrogens (tertiary/aromatic N) is 2. The number of hydrogen-bond acceptors (Lipinski definition) is 4. The first-order valence-electron chi connectivity index (χ1n) is 4.44. The van der Waals surface area contributed by atoms with Crippen LogP contribution in [0.25, 0.3) is 0 Å². The van der Waals surface area contributed by atoms with Crippen molar-refractivity contribution in [1.82, 2.24) is 15.2 Å². The molecule has 0 radical (unpaired) electrons. The Hall–Kier alpha value is -1.14. The SMILES string of the molecule is NC(=O)N1CCNC(c2nccs2)C1. The third kappa shape index (κ3) is 1.85. The lowest BCUT2D eigenvalue weighted by molar-refractivity contribution is 0.186. The lowest BCUT2D eigenvalue weighted by Crippen LogP contribution is -2.50. The molecule has 2 amide bonds. The molecule has 0 saturated carbocycles. The van der Waals surface area contributed by atoms with Gasteiger partial charge in [-0.15, -0.1) is 11.3 Å². The minimum absolute atomic E-state index is 0.135. The zero-order chi connectivity index (χ0) is 9.97. The number of amides is 2. The minimum atomic E-state index is -0.354. The number of rotatable bonds is 1. The summed E-state index contributed by atoms with van der Waals surface area (Å²) in [5, 5.41) is 6.25. The molecule has 0 bridgehead atoms. The van der Waals surface area contributed by atoms with Crippen molar-refractivity contribution in [2.24, 2.45) is 5.73 Å². The van der Waals surface area contributed by atoms with Crippen LogP contribution in [-0.4, -0.2) is 35.5 Å². The van der Waals surface area contributed by atoms with Gasteiger partial charge >= 0.3 is 6.03 Å². The minimum Gasteiger partial charge on any atom is -0.351 e. The maximum absolute atomic E-state index is 11.0. The van der Waals surface area contributed by atoms with Gasteiger partial charge in [-0.1, -0.05) is 0 Å². The normalized spacial score (nSPS) is 22.3. The molecule has 1 fully saturated rings. The fraction of sp³-hybridized carbons (Fsp3) is 0.500. The molecule has 14 heavy (non-hydrogen) atoms. The Kier molecular flexibility index (Phi) is 2.64. The Morgan fingerprint density at radius 2 is 2.64 bits per heavy atom. The van der Waals surface area contributed by atoms with Crippen LogP contribution in [0.2, 0.25) is 0 Å². The first-order valence-corrected chi connectivity index (χ1v) is 5.32. The predicted octanol–water partition coefficient (Wildman–Crippen LogP) is 0.168. The maximum Gasteiger partial charge on any atom is 0.314 e. The summed E-state index contributed by atoms with van der Waals surface area (Å²) in [5.41, 5.74) is 5.22. The van der Waals surface area contributed by atoms with Crippen molar-refractivity contribution in [2.75, 3.05) is 19.6 Å². The zero-order valence-electron chi connectivity index (χ0n) is 7.64. The molecule has 0 aliphatic carbocycles. The number of piperazine rings is 1. The van der Waals surface area contributed by atoms with E-state index in [1.54, 1.807) is 22.4 Å². The highest BCUT2D eigenvalue weighted by atomic mass is 32.1. The average molecular weight is 212 g/mol. The highest BCUT2D eigenvalue weighted by molar-refractivity contribution is 7.09. The number of carbonyl (C=O) groups excluding carboxylic acids is 1. The van der Waals surface area contributed by atoms with Gasteiger partial charge in [0.2, 0.25) is 0 Å². The van der Waals surface area contributed by atoms with Crippen LogP contribution in [0.1, 0.15) is 11.0 Å². The van der Waals surface area contributed by atoms with Crippen molar-refractivity contribution >= 4 is 17.4 Å². The van der Waals surface area contributed by atoms with Crippen LogP contribution in [-0.2, 0) is 0 Å². The average Bonchev–Trinajstić information content (AvgIpc) is 2.71. The Bertz CT molecular complexity index is 313. The number of primary amides is 1. The third-order valence-corrected chi connectivity index (χ3v) is 3.13. The van der Waals surface area contributed by atoms with E-state index in [0.29, 0.717) is 13.1 Å². The summed E-state index contributed by atoms with van der Waals surface area (Å²) in [4.78, 5) is 16.8. The van der Waals surface area contributed by atoms with E-state index in [-0.39, 0.29) is 12.1 Å². The summed E-state index contributed by atoms with van der Waals surface area (Å²) in [5.74, 6) is 0. The van der Waals surface area contributed by atoms with Crippen molar-refractivity contribution in [3.8, 4) is 0 Å². The van der Waals surface area contributed by atoms with Crippen LogP contribution in [0, 0.1) is 0 Å². The van der Waals surface area contributed by atoms with Gasteiger partial charge in [0.1, 0.15) is 5.01 Å². The van der Waals surface area contributed by atoms with E-state index in [9.17, 15) is 4.79 Å². The van der Waals surface area contributed by atoms with E-state index in [1.165, 1.54) is 0 Å². The molecule has 2 heterocycles. The van der Waals surface area contributed by atoms with Gasteiger partial charge < -0.3 is 16.0 Å². The highest BCUT2D eigenvalue weighted by Crippen LogP contribution is 2.18. The molecule has 1 aromatic heterocycles. The summed E-state index contributed by atoms with van der Waals surface area (Å²) >= 11 is 1.59. The molecule has 5 nitrogen and oxygen atoms in total. The fourth-order valence-corrected chi connectivity index (χ4v) is 2.23. The van der Waals surface area contributed by atoms with Gasteiger partial charge in [-0.05, 0) is 0 Å². The number of urea groups is 1. The molecule has 1 aliphatic rings. The number of carbonyl (C=O) groups is 1. The molecule has 1 aromatic rings. The molecule has 3 N–H and O–H groups in total. The summed E-state index contributed by atoms with van der Waals surface area (Å²) in [6.45, 7) is 2.06. The third-order valence-electron chi connectivity index (χ3n) is 2.24. The van der Waals surface area contributed by atoms with Gasteiger partial charge in [-0.2, -0.15) is 0 Å². The van der Waals surface area contributed by atoms with Crippen LogP contribution in [0.4, 0.5) is 4.79 Å². The number of nitrogens with two attached hydrogens (primary N) is 1. The summed E-state index contributed by atoms with van der Waals surface area (Å²) < 4.78 is 0. The first-order chi connectivity index (χ1) is 6.77. The van der Waals surface area contributed by atoms with Gasteiger partial charge in [0.25, 0.3) is 0 Å². The van der Waals surface area contributed by atoms with E-state index in [2.05, 4.69) is 10.3 Å². The van der Waals surface area contributed by atoms with Crippen molar-refractivity contribution in [3.05, 3.63) is 16.6 Å². The van der Waals surface area contributed by atoms with E-state index in [0.717, 1.165) is 11.6 Å². The van der Waals surface area contributed by atoms with Crippen LogP contribution in [0.5, 0.6) is 0 Å². The Labute approximate surface area is 85.9 Å². The summed E-state index contributed by atoms with van der Waals surface area (Å²) in [7, 11) is 0. The van der Waals surface area contributed by atoms with Gasteiger partial charge in [-0.3, -0.25) is 0 Å². The van der Waals surface area contributed by atoms with Crippen molar-refractivity contribution in [1.29, 1.82) is 0 Å². The van der Waals surface area contributed by atoms with Crippen molar-refractivity contribution < 1.29 is 4.79 Å². The quantitative estimate of drug-likeness (QED) is 0.697. The number of aromatic nitrogens is 1. The number of hydrogen-bond donors (Lipinski definition) is 2. The topological polar surface area (TPSA) is 71.2 Å². The van der Waals surface area contributed by atoms with Gasteiger partial charge in [0.05, 0.1) is 6.04 Å². The monoisotopic (exact) mass is 212 g/mol. The predicted molar refractivity (Wildman–Crippen MR) is 54.0 cm³/mol. The largest absolute Gasteiger partial charge is 0.351 e. The molecule has 0 spiro atoms. The molecule has 1 aliphatic heterocycles. The van der Waals surface area contributed by atoms with Gasteiger partial charge in [0.15, 0.2) is 0 Å². The van der Waals surface area contributed by atoms with Crippen LogP contribution >= 0.6 is 11.3 Å². The second kappa shape index (κ2) is 3.93. The maximum atomic E-state index is 11.0. The van der Waals surface area contributed by atoms with Crippen LogP contribution in [0.15, 0.2) is 11.6 Å². The molecular formula is C8H12N4OS. The Balaban J connectivity index is 2.04. The zero-order valence-corrected chi connectivity index (χ0v) is 8.46. The Morgan fingerprint density at radius 3 is 3.29 bits per heavy atom. The van der Waals surface area contributed by atoms with Gasteiger partial charge in [0, 0.05) is 31.2 Å². The molecule has 1 saturated heterocycles. The highest BCUT2D eigenvalue weighted by Gasteiger charge is 2.23. The summed E-state index contributed by atoms with van der Waals surface area (Å²) in [6.07, 6.45) is 1.77. The molecule has 2 rings (SSSR count). The first kappa shape index (κ1) is 9.42. The lowest BCUT2D eigenvalue weighted by atomic mass is 10.2. The molecule has 1 atom stereocenters. The molecule has 0 aromatic carbocycles. The Morgan fingerprint density at radius 1 is 1.79 bits per heavy atom. The molecular weight excluding hydrogens is 200 g/mol. The van der Waals surface area contributed by atoms with Crippen LogP contribution in [0.3, 0.4) is 0 Å². The number of thiazole rings is 1. The standard InChI is InChI=1S/C8H12N4OS/c9-8(13)12-3-1-10-6(5-12)7-11-2-4-14-7/h2,4,6,10H,1,3,5H2,(H2,9,13). The lowest BCUT2D eigenvalue weighted by Gasteiger charge is -2.31. The molecule has 6 heteroatoms. The second-order valence-electron chi connectivity index (χ2n) is 3.16. The number of nitrogens with one attached hydrogen (secondary N) is 1. The fourth-order valence-electron chi connectivity index (χ4n) is 1.52. The van der Waals surface area contributed by atoms with Gasteiger partial charge in [-0.25, -0.2) is 9.78 Å².